The first kappa shape index (κ1) is 16.3. The molecule has 2 aromatic rings. The average molecular weight is 327 g/mol. The Balaban J connectivity index is 2.15. The number of benzene rings is 1. The summed E-state index contributed by atoms with van der Waals surface area (Å²) in [6.07, 6.45) is 6.50. The third-order valence-electron chi connectivity index (χ3n) is 2.66. The van der Waals surface area contributed by atoms with Crippen LogP contribution in [0.15, 0.2) is 45.9 Å². The summed E-state index contributed by atoms with van der Waals surface area (Å²) in [5, 5.41) is 3.86. The van der Waals surface area contributed by atoms with Crippen molar-refractivity contribution in [1.29, 1.82) is 0 Å². The van der Waals surface area contributed by atoms with E-state index in [2.05, 4.69) is 28.7 Å². The molecule has 1 aromatic heterocycles. The number of carbonyl (C=O) groups is 1. The molecule has 1 heterocycles. The van der Waals surface area contributed by atoms with Crippen LogP contribution in [0.2, 0.25) is 0 Å². The molecule has 0 saturated carbocycles. The largest absolute Gasteiger partial charge is 0.455 e. The second kappa shape index (κ2) is 7.77. The van der Waals surface area contributed by atoms with Crippen molar-refractivity contribution in [3.8, 4) is 23.7 Å². The van der Waals surface area contributed by atoms with Gasteiger partial charge in [0.25, 0.3) is 0 Å². The molecule has 0 spiro atoms. The lowest BCUT2D eigenvalue weighted by molar-refractivity contribution is 0.0557. The first-order valence-corrected chi connectivity index (χ1v) is 6.90. The third kappa shape index (κ3) is 4.69. The zero-order valence-electron chi connectivity index (χ0n) is 12.0. The number of carbonyl (C=O) groups excluding carboxylic acids is 1. The topological polar surface area (TPSA) is 89.8 Å². The Kier molecular flexibility index (Phi) is 5.50. The Labute approximate surface area is 138 Å². The normalized spacial score (nSPS) is 10.2. The number of terminal acetylenes is 1. The number of thiocarbonyl (C=S) groups is 1. The van der Waals surface area contributed by atoms with Crippen LogP contribution < -0.4 is 11.2 Å². The second-order valence-corrected chi connectivity index (χ2v) is 4.74. The van der Waals surface area contributed by atoms with Gasteiger partial charge in [-0.25, -0.2) is 4.79 Å². The van der Waals surface area contributed by atoms with Crippen LogP contribution in [0.1, 0.15) is 16.1 Å². The van der Waals surface area contributed by atoms with Crippen molar-refractivity contribution in [3.63, 3.8) is 0 Å². The first-order chi connectivity index (χ1) is 11.1. The summed E-state index contributed by atoms with van der Waals surface area (Å²) in [6.45, 7) is -0.0690. The zero-order chi connectivity index (χ0) is 16.7. The number of nitrogens with zero attached hydrogens (tertiary/aromatic N) is 1. The molecule has 23 heavy (non-hydrogen) atoms. The van der Waals surface area contributed by atoms with Crippen molar-refractivity contribution >= 4 is 29.5 Å². The van der Waals surface area contributed by atoms with Gasteiger partial charge < -0.3 is 14.9 Å². The van der Waals surface area contributed by atoms with Gasteiger partial charge in [0.05, 0.1) is 11.8 Å². The molecule has 0 fully saturated rings. The van der Waals surface area contributed by atoms with E-state index >= 15 is 0 Å². The van der Waals surface area contributed by atoms with E-state index in [1.165, 1.54) is 6.21 Å². The fourth-order valence-corrected chi connectivity index (χ4v) is 1.78. The zero-order valence-corrected chi connectivity index (χ0v) is 12.8. The molecule has 0 unspecified atom stereocenters. The van der Waals surface area contributed by atoms with Crippen LogP contribution in [0.3, 0.4) is 0 Å². The third-order valence-corrected chi connectivity index (χ3v) is 2.75. The van der Waals surface area contributed by atoms with Gasteiger partial charge in [-0.1, -0.05) is 18.1 Å². The van der Waals surface area contributed by atoms with E-state index in [9.17, 15) is 4.79 Å². The summed E-state index contributed by atoms with van der Waals surface area (Å²) in [6, 6.07) is 10.3. The standard InChI is InChI=1S/C16H13N3O3S/c1-2-8-21-15(20)12-5-3-4-11(9-12)14-7-6-13(22-14)10-18-19-16(17)23/h1,3-7,9-10H,8H2,(H3,17,19,23). The number of esters is 1. The molecule has 7 heteroatoms. The lowest BCUT2D eigenvalue weighted by atomic mass is 10.1. The van der Waals surface area contributed by atoms with Gasteiger partial charge in [-0.05, 0) is 36.5 Å². The van der Waals surface area contributed by atoms with Crippen molar-refractivity contribution in [3.05, 3.63) is 47.7 Å². The summed E-state index contributed by atoms with van der Waals surface area (Å²) in [5.41, 5.74) is 8.79. The van der Waals surface area contributed by atoms with E-state index in [0.717, 1.165) is 5.56 Å². The van der Waals surface area contributed by atoms with Crippen LogP contribution >= 0.6 is 12.2 Å². The predicted octanol–water partition coefficient (Wildman–Crippen LogP) is 1.90. The van der Waals surface area contributed by atoms with Gasteiger partial charge in [0, 0.05) is 5.56 Å². The van der Waals surface area contributed by atoms with Gasteiger partial charge in [-0.3, -0.25) is 5.43 Å². The fraction of sp³-hybridized carbons (Fsp3) is 0.0625. The van der Waals surface area contributed by atoms with Crippen molar-refractivity contribution in [2.75, 3.05) is 6.61 Å². The highest BCUT2D eigenvalue weighted by atomic mass is 32.1. The van der Waals surface area contributed by atoms with Crippen molar-refractivity contribution in [1.82, 2.24) is 5.43 Å². The highest BCUT2D eigenvalue weighted by molar-refractivity contribution is 7.80. The quantitative estimate of drug-likeness (QED) is 0.287. The number of ether oxygens (including phenoxy) is 1. The minimum absolute atomic E-state index is 0.0613. The molecular weight excluding hydrogens is 314 g/mol. The molecule has 0 aliphatic rings. The fourth-order valence-electron chi connectivity index (χ4n) is 1.73. The van der Waals surface area contributed by atoms with Gasteiger partial charge >= 0.3 is 5.97 Å². The number of rotatable bonds is 5. The highest BCUT2D eigenvalue weighted by Gasteiger charge is 2.10. The SMILES string of the molecule is C#CCOC(=O)c1cccc(-c2ccc(C=NNC(N)=S)o2)c1. The number of hydrogen-bond donors (Lipinski definition) is 2. The molecule has 0 aliphatic heterocycles. The van der Waals surface area contributed by atoms with E-state index in [4.69, 9.17) is 21.3 Å². The van der Waals surface area contributed by atoms with Crippen molar-refractivity contribution in [2.45, 2.75) is 0 Å². The van der Waals surface area contributed by atoms with Crippen LogP contribution in [0.4, 0.5) is 0 Å². The highest BCUT2D eigenvalue weighted by Crippen LogP contribution is 2.22. The van der Waals surface area contributed by atoms with Gasteiger partial charge in [-0.2, -0.15) is 5.10 Å². The van der Waals surface area contributed by atoms with E-state index in [1.807, 2.05) is 6.07 Å². The van der Waals surface area contributed by atoms with E-state index in [-0.39, 0.29) is 11.7 Å². The molecule has 1 aromatic carbocycles. The minimum Gasteiger partial charge on any atom is -0.455 e. The minimum atomic E-state index is -0.487. The van der Waals surface area contributed by atoms with Gasteiger partial charge in [0.2, 0.25) is 0 Å². The van der Waals surface area contributed by atoms with Crippen LogP contribution in [0.25, 0.3) is 11.3 Å². The van der Waals surface area contributed by atoms with Crippen molar-refractivity contribution < 1.29 is 13.9 Å². The van der Waals surface area contributed by atoms with Gasteiger partial charge in [-0.15, -0.1) is 6.42 Å². The lowest BCUT2D eigenvalue weighted by Gasteiger charge is -2.03. The Morgan fingerprint density at radius 3 is 3.04 bits per heavy atom. The molecule has 0 amide bonds. The molecule has 3 N–H and O–H groups in total. The van der Waals surface area contributed by atoms with Gasteiger partial charge in [0.15, 0.2) is 11.7 Å². The van der Waals surface area contributed by atoms with Crippen LogP contribution in [0, 0.1) is 12.3 Å². The summed E-state index contributed by atoms with van der Waals surface area (Å²) in [4.78, 5) is 11.8. The van der Waals surface area contributed by atoms with Gasteiger partial charge in [0.1, 0.15) is 11.5 Å². The maximum absolute atomic E-state index is 11.8. The maximum atomic E-state index is 11.8. The molecule has 0 bridgehead atoms. The number of furan rings is 1. The second-order valence-electron chi connectivity index (χ2n) is 4.30. The number of hydrazone groups is 1. The molecule has 6 nitrogen and oxygen atoms in total. The molecular formula is C16H13N3O3S. The Hall–Kier alpha value is -3.11. The van der Waals surface area contributed by atoms with Crippen molar-refractivity contribution in [2.24, 2.45) is 10.8 Å². The number of nitrogens with two attached hydrogens (primary N) is 1. The number of nitrogens with one attached hydrogen (secondary N) is 1. The van der Waals surface area contributed by atoms with E-state index < -0.39 is 5.97 Å². The molecule has 0 radical (unpaired) electrons. The Morgan fingerprint density at radius 2 is 2.30 bits per heavy atom. The summed E-state index contributed by atoms with van der Waals surface area (Å²) >= 11 is 4.63. The summed E-state index contributed by atoms with van der Waals surface area (Å²) in [5.74, 6) is 2.84. The van der Waals surface area contributed by atoms with Crippen LogP contribution in [-0.2, 0) is 4.74 Å². The first-order valence-electron chi connectivity index (χ1n) is 6.49. The Morgan fingerprint density at radius 1 is 1.48 bits per heavy atom. The van der Waals surface area contributed by atoms with E-state index in [1.54, 1.807) is 30.3 Å². The molecule has 0 aliphatic carbocycles. The number of hydrogen-bond acceptors (Lipinski definition) is 5. The van der Waals surface area contributed by atoms with Crippen LogP contribution in [-0.4, -0.2) is 23.9 Å². The molecule has 2 rings (SSSR count). The van der Waals surface area contributed by atoms with E-state index in [0.29, 0.717) is 17.1 Å². The monoisotopic (exact) mass is 327 g/mol. The van der Waals surface area contributed by atoms with Crippen LogP contribution in [0.5, 0.6) is 0 Å². The summed E-state index contributed by atoms with van der Waals surface area (Å²) in [7, 11) is 0. The average Bonchev–Trinajstić information content (AvgIpc) is 3.01. The molecule has 0 saturated heterocycles. The predicted molar refractivity (Wildman–Crippen MR) is 90.8 cm³/mol. The smallest absolute Gasteiger partial charge is 0.339 e. The Bertz CT molecular complexity index is 790. The lowest BCUT2D eigenvalue weighted by Crippen LogP contribution is -2.23. The molecule has 0 atom stereocenters. The summed E-state index contributed by atoms with van der Waals surface area (Å²) < 4.78 is 10.5. The molecule has 116 valence electrons. The maximum Gasteiger partial charge on any atom is 0.339 e.